The number of methoxy groups -OCH3 is 1. The van der Waals surface area contributed by atoms with Gasteiger partial charge in [0.1, 0.15) is 23.4 Å². The van der Waals surface area contributed by atoms with Crippen molar-refractivity contribution in [1.82, 2.24) is 9.97 Å². The van der Waals surface area contributed by atoms with E-state index in [0.29, 0.717) is 22.4 Å². The van der Waals surface area contributed by atoms with Crippen molar-refractivity contribution in [1.29, 1.82) is 0 Å². The van der Waals surface area contributed by atoms with Gasteiger partial charge in [-0.15, -0.1) is 0 Å². The summed E-state index contributed by atoms with van der Waals surface area (Å²) in [4.78, 5) is 32.9. The van der Waals surface area contributed by atoms with Crippen molar-refractivity contribution in [3.63, 3.8) is 0 Å². The number of hydrogen-bond donors (Lipinski definition) is 3. The molecule has 2 aromatic heterocycles. The van der Waals surface area contributed by atoms with E-state index in [1.54, 1.807) is 25.3 Å². The molecule has 9 nitrogen and oxygen atoms in total. The van der Waals surface area contributed by atoms with E-state index in [0.717, 1.165) is 0 Å². The van der Waals surface area contributed by atoms with Gasteiger partial charge in [0.05, 0.1) is 31.4 Å². The molecule has 0 aliphatic carbocycles. The number of aromatic hydroxyl groups is 3. The summed E-state index contributed by atoms with van der Waals surface area (Å²) in [6, 6.07) is 4.65. The average molecular weight is 464 g/mol. The van der Waals surface area contributed by atoms with Crippen molar-refractivity contribution in [2.45, 2.75) is 38.9 Å². The maximum absolute atomic E-state index is 12.5. The van der Waals surface area contributed by atoms with Crippen LogP contribution in [0.1, 0.15) is 69.2 Å². The number of aryl methyl sites for hydroxylation is 1. The molecule has 0 fully saturated rings. The Kier molecular flexibility index (Phi) is 6.21. The van der Waals surface area contributed by atoms with E-state index >= 15 is 0 Å². The standard InChI is InChI=1S/C25H24N2O7/c1-12-22(30)20-15(10-27-12)11-34-25(20)18-8-16(13(2)28)23(31)21(24(18)32)17(9-19(29)33-3)14-4-6-26-7-5-14/h4-8,10,17,25,30-32H,9,11H2,1-3H3. The number of hydrogen-bond acceptors (Lipinski definition) is 9. The van der Waals surface area contributed by atoms with Crippen molar-refractivity contribution in [3.05, 3.63) is 75.9 Å². The topological polar surface area (TPSA) is 139 Å². The highest BCUT2D eigenvalue weighted by atomic mass is 16.5. The number of ether oxygens (including phenoxy) is 2. The van der Waals surface area contributed by atoms with Gasteiger partial charge in [0.15, 0.2) is 5.78 Å². The Morgan fingerprint density at radius 2 is 1.88 bits per heavy atom. The average Bonchev–Trinajstić information content (AvgIpc) is 3.25. The molecule has 0 saturated carbocycles. The monoisotopic (exact) mass is 464 g/mol. The summed E-state index contributed by atoms with van der Waals surface area (Å²) >= 11 is 0. The Balaban J connectivity index is 1.98. The molecule has 0 saturated heterocycles. The van der Waals surface area contributed by atoms with E-state index in [2.05, 4.69) is 9.97 Å². The summed E-state index contributed by atoms with van der Waals surface area (Å²) in [5.74, 6) is -2.72. The number of benzene rings is 1. The van der Waals surface area contributed by atoms with Crippen molar-refractivity contribution in [2.24, 2.45) is 0 Å². The van der Waals surface area contributed by atoms with Gasteiger partial charge in [-0.2, -0.15) is 0 Å². The molecule has 2 unspecified atom stereocenters. The third-order valence-electron chi connectivity index (χ3n) is 6.08. The van der Waals surface area contributed by atoms with Gasteiger partial charge in [0.2, 0.25) is 0 Å². The molecule has 9 heteroatoms. The quantitative estimate of drug-likeness (QED) is 0.370. The van der Waals surface area contributed by atoms with Gasteiger partial charge in [-0.05, 0) is 37.6 Å². The molecule has 0 spiro atoms. The fraction of sp³-hybridized carbons (Fsp3) is 0.280. The van der Waals surface area contributed by atoms with Crippen LogP contribution in [0, 0.1) is 6.92 Å². The van der Waals surface area contributed by atoms with Gasteiger partial charge >= 0.3 is 5.97 Å². The molecule has 3 aromatic rings. The van der Waals surface area contributed by atoms with E-state index in [4.69, 9.17) is 9.47 Å². The second kappa shape index (κ2) is 9.11. The van der Waals surface area contributed by atoms with Gasteiger partial charge in [-0.1, -0.05) is 0 Å². The molecule has 176 valence electrons. The fourth-order valence-electron chi connectivity index (χ4n) is 4.30. The number of carbonyl (C=O) groups excluding carboxylic acids is 2. The lowest BCUT2D eigenvalue weighted by atomic mass is 9.83. The molecule has 1 aliphatic rings. The van der Waals surface area contributed by atoms with Crippen LogP contribution in [-0.4, -0.2) is 44.1 Å². The summed E-state index contributed by atoms with van der Waals surface area (Å²) in [7, 11) is 1.24. The normalized spacial score (nSPS) is 15.6. The summed E-state index contributed by atoms with van der Waals surface area (Å²) in [6.45, 7) is 3.07. The zero-order chi connectivity index (χ0) is 24.6. The highest BCUT2D eigenvalue weighted by Gasteiger charge is 2.36. The summed E-state index contributed by atoms with van der Waals surface area (Å²) in [5, 5.41) is 33.2. The van der Waals surface area contributed by atoms with Crippen LogP contribution in [0.15, 0.2) is 36.8 Å². The number of esters is 1. The maximum Gasteiger partial charge on any atom is 0.306 e. The van der Waals surface area contributed by atoms with Crippen LogP contribution in [0.25, 0.3) is 0 Å². The molecule has 0 amide bonds. The van der Waals surface area contributed by atoms with Crippen LogP contribution in [0.3, 0.4) is 0 Å². The van der Waals surface area contributed by atoms with Gasteiger partial charge in [0.25, 0.3) is 0 Å². The highest BCUT2D eigenvalue weighted by Crippen LogP contribution is 2.50. The first-order valence-corrected chi connectivity index (χ1v) is 10.6. The molecule has 34 heavy (non-hydrogen) atoms. The lowest BCUT2D eigenvalue weighted by Gasteiger charge is -2.24. The SMILES string of the molecule is COC(=O)CC(c1ccncc1)c1c(O)c(C(C)=O)cc(C2OCc3cnc(C)c(O)c32)c1O. The molecule has 0 radical (unpaired) electrons. The third kappa shape index (κ3) is 3.94. The molecular weight excluding hydrogens is 440 g/mol. The number of phenols is 2. The molecule has 1 aliphatic heterocycles. The van der Waals surface area contributed by atoms with Crippen LogP contribution < -0.4 is 0 Å². The summed E-state index contributed by atoms with van der Waals surface area (Å²) < 4.78 is 10.7. The van der Waals surface area contributed by atoms with Crippen LogP contribution in [0.4, 0.5) is 0 Å². The van der Waals surface area contributed by atoms with Crippen molar-refractivity contribution < 1.29 is 34.4 Å². The Labute approximate surface area is 195 Å². The maximum atomic E-state index is 12.5. The van der Waals surface area contributed by atoms with Crippen LogP contribution >= 0.6 is 0 Å². The van der Waals surface area contributed by atoms with Crippen molar-refractivity contribution in [2.75, 3.05) is 7.11 Å². The number of pyridine rings is 2. The molecular formula is C25H24N2O7. The second-order valence-electron chi connectivity index (χ2n) is 8.12. The number of fused-ring (bicyclic) bond motifs is 1. The third-order valence-corrected chi connectivity index (χ3v) is 6.08. The first kappa shape index (κ1) is 23.2. The minimum atomic E-state index is -0.912. The molecule has 4 rings (SSSR count). The van der Waals surface area contributed by atoms with Crippen molar-refractivity contribution >= 4 is 11.8 Å². The van der Waals surface area contributed by atoms with Crippen LogP contribution in [-0.2, 0) is 20.9 Å². The van der Waals surface area contributed by atoms with Crippen LogP contribution in [0.2, 0.25) is 0 Å². The lowest BCUT2D eigenvalue weighted by Crippen LogP contribution is -2.13. The van der Waals surface area contributed by atoms with Gasteiger partial charge < -0.3 is 24.8 Å². The minimum Gasteiger partial charge on any atom is -0.507 e. The van der Waals surface area contributed by atoms with Crippen molar-refractivity contribution in [3.8, 4) is 17.2 Å². The lowest BCUT2D eigenvalue weighted by molar-refractivity contribution is -0.140. The number of phenolic OH excluding ortho intramolecular Hbond substituents is 2. The summed E-state index contributed by atoms with van der Waals surface area (Å²) in [6.07, 6.45) is 3.51. The number of rotatable bonds is 6. The van der Waals surface area contributed by atoms with E-state index in [-0.39, 0.29) is 41.2 Å². The van der Waals surface area contributed by atoms with E-state index < -0.39 is 29.5 Å². The Morgan fingerprint density at radius 1 is 1.18 bits per heavy atom. The number of Topliss-reactive ketones (excluding diaryl/α,β-unsaturated/α-hetero) is 1. The first-order valence-electron chi connectivity index (χ1n) is 10.6. The summed E-state index contributed by atoms with van der Waals surface area (Å²) in [5.41, 5.74) is 2.17. The first-order chi connectivity index (χ1) is 16.2. The smallest absolute Gasteiger partial charge is 0.306 e. The number of ketones is 1. The van der Waals surface area contributed by atoms with Gasteiger partial charge in [0, 0.05) is 46.8 Å². The minimum absolute atomic E-state index is 0.0124. The Bertz CT molecular complexity index is 1270. The number of nitrogens with zero attached hydrogens (tertiary/aromatic N) is 2. The number of carbonyl (C=O) groups is 2. The zero-order valence-electron chi connectivity index (χ0n) is 18.9. The van der Waals surface area contributed by atoms with E-state index in [9.17, 15) is 24.9 Å². The molecule has 3 N–H and O–H groups in total. The zero-order valence-corrected chi connectivity index (χ0v) is 18.9. The molecule has 0 bridgehead atoms. The van der Waals surface area contributed by atoms with Gasteiger partial charge in [-0.3, -0.25) is 19.6 Å². The Hall–Kier alpha value is -3.98. The second-order valence-corrected chi connectivity index (χ2v) is 8.12. The predicted molar refractivity (Wildman–Crippen MR) is 120 cm³/mol. The predicted octanol–water partition coefficient (Wildman–Crippen LogP) is 3.42. The van der Waals surface area contributed by atoms with Gasteiger partial charge in [-0.25, -0.2) is 0 Å². The molecule has 2 atom stereocenters. The molecule has 1 aromatic carbocycles. The van der Waals surface area contributed by atoms with E-state index in [1.165, 1.54) is 32.5 Å². The van der Waals surface area contributed by atoms with E-state index in [1.807, 2.05) is 0 Å². The Morgan fingerprint density at radius 3 is 2.53 bits per heavy atom. The fourth-order valence-corrected chi connectivity index (χ4v) is 4.30. The number of aromatic nitrogens is 2. The van der Waals surface area contributed by atoms with Crippen LogP contribution in [0.5, 0.6) is 17.2 Å². The molecule has 3 heterocycles. The largest absolute Gasteiger partial charge is 0.507 e. The highest BCUT2D eigenvalue weighted by molar-refractivity contribution is 5.98.